The van der Waals surface area contributed by atoms with Gasteiger partial charge in [-0.3, -0.25) is 9.55 Å². The summed E-state index contributed by atoms with van der Waals surface area (Å²) in [7, 11) is -4.66. The summed E-state index contributed by atoms with van der Waals surface area (Å²) >= 11 is 0. The smallest absolute Gasteiger partial charge is 0.446 e. The Balaban J connectivity index is 1.75. The number of benzene rings is 1. The molecule has 4 rings (SSSR count). The second kappa shape index (κ2) is 6.39. The van der Waals surface area contributed by atoms with Gasteiger partial charge in [-0.15, -0.1) is 5.75 Å². The van der Waals surface area contributed by atoms with Gasteiger partial charge in [0.25, 0.3) is 0 Å². The molecule has 3 aliphatic rings. The van der Waals surface area contributed by atoms with Crippen LogP contribution in [0.1, 0.15) is 37.7 Å². The van der Waals surface area contributed by atoms with Crippen LogP contribution in [0.2, 0.25) is 0 Å². The van der Waals surface area contributed by atoms with Crippen molar-refractivity contribution in [3.8, 4) is 11.5 Å². The van der Waals surface area contributed by atoms with Gasteiger partial charge in [0, 0.05) is 24.1 Å². The van der Waals surface area contributed by atoms with Crippen molar-refractivity contribution in [3.63, 3.8) is 0 Å². The lowest BCUT2D eigenvalue weighted by Crippen LogP contribution is -2.45. The van der Waals surface area contributed by atoms with Crippen LogP contribution in [0.25, 0.3) is 0 Å². The maximum absolute atomic E-state index is 12.1. The van der Waals surface area contributed by atoms with E-state index in [1.807, 2.05) is 0 Å². The van der Waals surface area contributed by atoms with E-state index in [9.17, 15) is 13.5 Å². The molecule has 1 aromatic rings. The van der Waals surface area contributed by atoms with Gasteiger partial charge < -0.3 is 9.29 Å². The van der Waals surface area contributed by atoms with Gasteiger partial charge in [-0.1, -0.05) is 25.1 Å². The van der Waals surface area contributed by atoms with Gasteiger partial charge in [0.2, 0.25) is 0 Å². The fourth-order valence-corrected chi connectivity index (χ4v) is 5.35. The third-order valence-electron chi connectivity index (χ3n) is 5.94. The predicted molar refractivity (Wildman–Crippen MR) is 95.7 cm³/mol. The molecule has 1 N–H and O–H groups in total. The summed E-state index contributed by atoms with van der Waals surface area (Å²) in [4.78, 5) is 4.81. The van der Waals surface area contributed by atoms with E-state index in [4.69, 9.17) is 9.55 Å². The number of hydrogen-bond acceptors (Lipinski definition) is 5. The number of nitrogens with zero attached hydrogens (tertiary/aromatic N) is 1. The number of rotatable bonds is 3. The molecule has 1 saturated carbocycles. The molecular weight excluding hydrogens is 354 g/mol. The average Bonchev–Trinajstić information content (AvgIpc) is 2.56. The van der Waals surface area contributed by atoms with E-state index in [0.717, 1.165) is 31.0 Å². The van der Waals surface area contributed by atoms with E-state index in [2.05, 4.69) is 23.3 Å². The van der Waals surface area contributed by atoms with E-state index in [1.54, 1.807) is 6.07 Å². The highest BCUT2D eigenvalue weighted by molar-refractivity contribution is 7.81. The predicted octanol–water partition coefficient (Wildman–Crippen LogP) is 2.72. The molecule has 1 aliphatic heterocycles. The van der Waals surface area contributed by atoms with E-state index in [1.165, 1.54) is 18.2 Å². The van der Waals surface area contributed by atoms with Crippen LogP contribution < -0.4 is 9.29 Å². The zero-order valence-electron chi connectivity index (χ0n) is 14.5. The van der Waals surface area contributed by atoms with Gasteiger partial charge in [0.05, 0.1) is 0 Å². The molecule has 7 heteroatoms. The van der Waals surface area contributed by atoms with Gasteiger partial charge in [0.1, 0.15) is 5.75 Å². The van der Waals surface area contributed by atoms with Crippen LogP contribution in [0.15, 0.2) is 35.3 Å². The second-order valence-electron chi connectivity index (χ2n) is 7.63. The van der Waals surface area contributed by atoms with Crippen molar-refractivity contribution in [2.24, 2.45) is 28.7 Å². The fraction of sp³-hybridized carbons (Fsp3) is 0.526. The third kappa shape index (κ3) is 3.25. The Bertz CT molecular complexity index is 876. The Hall–Kier alpha value is -1.86. The lowest BCUT2D eigenvalue weighted by atomic mass is 9.58. The zero-order chi connectivity index (χ0) is 18.5. The van der Waals surface area contributed by atoms with Crippen LogP contribution in [0.4, 0.5) is 0 Å². The molecule has 0 radical (unpaired) electrons. The van der Waals surface area contributed by atoms with Crippen molar-refractivity contribution in [1.29, 1.82) is 0 Å². The first kappa shape index (κ1) is 17.5. The maximum atomic E-state index is 12.1. The molecule has 26 heavy (non-hydrogen) atoms. The molecule has 1 aromatic carbocycles. The fourth-order valence-electron chi connectivity index (χ4n) is 5.01. The first-order valence-corrected chi connectivity index (χ1v) is 10.4. The highest BCUT2D eigenvalue weighted by Crippen LogP contribution is 2.50. The van der Waals surface area contributed by atoms with Gasteiger partial charge in [-0.25, -0.2) is 0 Å². The molecule has 6 nitrogen and oxygen atoms in total. The van der Waals surface area contributed by atoms with Gasteiger partial charge >= 0.3 is 10.4 Å². The largest absolute Gasteiger partial charge is 0.872 e. The Labute approximate surface area is 153 Å². The maximum Gasteiger partial charge on any atom is 0.446 e. The van der Waals surface area contributed by atoms with Crippen molar-refractivity contribution in [3.05, 3.63) is 35.9 Å². The molecule has 140 valence electrons. The summed E-state index contributed by atoms with van der Waals surface area (Å²) < 4.78 is 35.5. The summed E-state index contributed by atoms with van der Waals surface area (Å²) in [6, 6.07) is 4.16. The molecule has 1 heterocycles. The normalized spacial score (nSPS) is 33.3. The second-order valence-corrected chi connectivity index (χ2v) is 8.65. The third-order valence-corrected chi connectivity index (χ3v) is 6.34. The van der Waals surface area contributed by atoms with Gasteiger partial charge in [0.15, 0.2) is 0 Å². The van der Waals surface area contributed by atoms with Crippen molar-refractivity contribution in [1.82, 2.24) is 0 Å². The Morgan fingerprint density at radius 1 is 1.27 bits per heavy atom. The minimum absolute atomic E-state index is 0.00694. The van der Waals surface area contributed by atoms with Crippen LogP contribution in [0, 0.1) is 23.7 Å². The summed E-state index contributed by atoms with van der Waals surface area (Å²) in [6.45, 7) is 2.98. The molecule has 0 saturated heterocycles. The number of hydrogen-bond donors (Lipinski definition) is 1. The molecule has 1 fully saturated rings. The Morgan fingerprint density at radius 2 is 2.08 bits per heavy atom. The highest BCUT2D eigenvalue weighted by Gasteiger charge is 2.45. The topological polar surface area (TPSA) is 99.0 Å². The average molecular weight is 376 g/mol. The Kier molecular flexibility index (Phi) is 4.31. The minimum atomic E-state index is -4.66. The minimum Gasteiger partial charge on any atom is -0.872 e. The molecular formula is C19H22NO5S-. The quantitative estimate of drug-likeness (QED) is 0.646. The van der Waals surface area contributed by atoms with E-state index < -0.39 is 10.4 Å². The summed E-state index contributed by atoms with van der Waals surface area (Å²) in [5.74, 6) is 1.12. The summed E-state index contributed by atoms with van der Waals surface area (Å²) in [5.41, 5.74) is 2.03. The van der Waals surface area contributed by atoms with E-state index >= 15 is 0 Å². The van der Waals surface area contributed by atoms with E-state index in [0.29, 0.717) is 23.7 Å². The first-order chi connectivity index (χ1) is 12.3. The molecule has 0 aromatic heterocycles. The van der Waals surface area contributed by atoms with Crippen molar-refractivity contribution >= 4 is 16.1 Å². The number of allylic oxidation sites excluding steroid dienone is 2. The molecule has 0 amide bonds. The van der Waals surface area contributed by atoms with Crippen LogP contribution in [0.3, 0.4) is 0 Å². The monoisotopic (exact) mass is 376 g/mol. The highest BCUT2D eigenvalue weighted by atomic mass is 32.3. The molecule has 2 aliphatic carbocycles. The lowest BCUT2D eigenvalue weighted by Gasteiger charge is -2.48. The lowest BCUT2D eigenvalue weighted by molar-refractivity contribution is -0.268. The van der Waals surface area contributed by atoms with Gasteiger partial charge in [-0.05, 0) is 54.7 Å². The van der Waals surface area contributed by atoms with Crippen molar-refractivity contribution in [2.45, 2.75) is 32.1 Å². The van der Waals surface area contributed by atoms with Gasteiger partial charge in [-0.2, -0.15) is 8.42 Å². The van der Waals surface area contributed by atoms with Crippen LogP contribution in [-0.4, -0.2) is 25.2 Å². The standard InChI is InChI=1S/C19H23NO5S/c1-11-10-20-17-4-2-3-12-5-6-16(18(11)19(12)17)13-7-14(21)9-15(8-13)25-26(22,23)24/h5-9,11-12,16,18-19,21H,2-4,10H2,1H3,(H,22,23,24)/p-1/t11-,12+,16+,18-,19+/m1/s1. The molecule has 0 unspecified atom stereocenters. The molecule has 0 bridgehead atoms. The zero-order valence-corrected chi connectivity index (χ0v) is 15.4. The Morgan fingerprint density at radius 3 is 2.85 bits per heavy atom. The number of aliphatic imine (C=N–C) groups is 1. The van der Waals surface area contributed by atoms with Crippen molar-refractivity contribution < 1.29 is 22.3 Å². The molecule has 0 spiro atoms. The van der Waals surface area contributed by atoms with Crippen LogP contribution in [0.5, 0.6) is 11.5 Å². The van der Waals surface area contributed by atoms with Crippen LogP contribution in [-0.2, 0) is 10.4 Å². The summed E-state index contributed by atoms with van der Waals surface area (Å²) in [6.07, 6.45) is 7.76. The van der Waals surface area contributed by atoms with E-state index in [-0.39, 0.29) is 17.4 Å². The molecule has 5 atom stereocenters. The SMILES string of the molecule is C[C@@H]1CN=C2CCC[C@H]3C=C[C@@H](c4cc([O-])cc(OS(=O)(=O)O)c4)[C@@H]1[C@H]23. The van der Waals surface area contributed by atoms with Crippen molar-refractivity contribution in [2.75, 3.05) is 6.54 Å². The van der Waals surface area contributed by atoms with Crippen LogP contribution >= 0.6 is 0 Å². The first-order valence-electron chi connectivity index (χ1n) is 9.02. The summed E-state index contributed by atoms with van der Waals surface area (Å²) in [5, 5.41) is 12.1.